The van der Waals surface area contributed by atoms with Crippen molar-refractivity contribution in [1.82, 2.24) is 20.4 Å². The number of hydrogen-bond donors (Lipinski definition) is 2. The summed E-state index contributed by atoms with van der Waals surface area (Å²) in [5.74, 6) is -1.97. The molecule has 0 aliphatic rings. The van der Waals surface area contributed by atoms with Crippen LogP contribution in [0.3, 0.4) is 0 Å². The third kappa shape index (κ3) is 1.66. The first-order valence-corrected chi connectivity index (χ1v) is 3.93. The second-order valence-corrected chi connectivity index (χ2v) is 2.71. The number of carboxylic acids is 1. The predicted molar refractivity (Wildman–Crippen MR) is 46.5 cm³/mol. The van der Waals surface area contributed by atoms with E-state index in [4.69, 9.17) is 5.11 Å². The van der Waals surface area contributed by atoms with Crippen LogP contribution in [0.25, 0.3) is 11.4 Å². The molecule has 0 unspecified atom stereocenters. The highest BCUT2D eigenvalue weighted by atomic mass is 19.1. The van der Waals surface area contributed by atoms with Crippen molar-refractivity contribution in [1.29, 1.82) is 0 Å². The Bertz CT molecular complexity index is 497. The van der Waals surface area contributed by atoms with Gasteiger partial charge in [0.2, 0.25) is 0 Å². The summed E-state index contributed by atoms with van der Waals surface area (Å²) in [6.45, 7) is 0. The molecule has 6 nitrogen and oxygen atoms in total. The van der Waals surface area contributed by atoms with E-state index in [2.05, 4.69) is 20.4 Å². The molecule has 7 heteroatoms. The quantitative estimate of drug-likeness (QED) is 0.757. The zero-order valence-corrected chi connectivity index (χ0v) is 7.31. The van der Waals surface area contributed by atoms with Gasteiger partial charge in [-0.2, -0.15) is 15.4 Å². The van der Waals surface area contributed by atoms with Crippen LogP contribution in [-0.4, -0.2) is 31.5 Å². The van der Waals surface area contributed by atoms with Crippen LogP contribution >= 0.6 is 0 Å². The minimum atomic E-state index is -1.26. The Morgan fingerprint density at radius 1 is 1.47 bits per heavy atom. The first-order chi connectivity index (χ1) is 7.18. The van der Waals surface area contributed by atoms with E-state index in [0.717, 1.165) is 12.3 Å². The first kappa shape index (κ1) is 9.25. The van der Waals surface area contributed by atoms with Gasteiger partial charge in [-0.05, 0) is 6.07 Å². The number of nitrogens with zero attached hydrogens (tertiary/aromatic N) is 3. The minimum Gasteiger partial charge on any atom is -0.478 e. The molecule has 76 valence electrons. The van der Waals surface area contributed by atoms with Crippen LogP contribution in [0.5, 0.6) is 0 Å². The Kier molecular flexibility index (Phi) is 2.13. The second kappa shape index (κ2) is 3.45. The maximum absolute atomic E-state index is 12.8. The maximum atomic E-state index is 12.8. The second-order valence-electron chi connectivity index (χ2n) is 2.71. The Hall–Kier alpha value is -2.31. The molecule has 2 aromatic rings. The number of halogens is 1. The fourth-order valence-corrected chi connectivity index (χ4v) is 1.12. The lowest BCUT2D eigenvalue weighted by atomic mass is 10.1. The molecule has 15 heavy (non-hydrogen) atoms. The van der Waals surface area contributed by atoms with Crippen LogP contribution in [-0.2, 0) is 0 Å². The van der Waals surface area contributed by atoms with E-state index in [1.54, 1.807) is 0 Å². The van der Waals surface area contributed by atoms with Crippen molar-refractivity contribution in [2.24, 2.45) is 0 Å². The van der Waals surface area contributed by atoms with Crippen molar-refractivity contribution in [3.05, 3.63) is 29.8 Å². The molecule has 2 rings (SSSR count). The van der Waals surface area contributed by atoms with E-state index in [1.165, 1.54) is 6.20 Å². The van der Waals surface area contributed by atoms with Crippen LogP contribution < -0.4 is 0 Å². The van der Waals surface area contributed by atoms with Gasteiger partial charge in [-0.15, -0.1) is 0 Å². The Balaban J connectivity index is 2.61. The molecule has 0 fully saturated rings. The third-order valence-corrected chi connectivity index (χ3v) is 1.74. The molecule has 0 saturated heterocycles. The van der Waals surface area contributed by atoms with E-state index in [0.29, 0.717) is 0 Å². The number of aromatic carboxylic acids is 1. The number of pyridine rings is 1. The van der Waals surface area contributed by atoms with Gasteiger partial charge < -0.3 is 5.11 Å². The number of H-pyrrole nitrogens is 1. The Morgan fingerprint density at radius 2 is 2.27 bits per heavy atom. The monoisotopic (exact) mass is 208 g/mol. The fraction of sp³-hybridized carbons (Fsp3) is 0. The van der Waals surface area contributed by atoms with Gasteiger partial charge in [0.05, 0.1) is 18.0 Å². The van der Waals surface area contributed by atoms with E-state index in [-0.39, 0.29) is 17.0 Å². The molecule has 2 heterocycles. The van der Waals surface area contributed by atoms with Gasteiger partial charge in [0, 0.05) is 0 Å². The molecule has 0 aliphatic heterocycles. The number of rotatable bonds is 2. The van der Waals surface area contributed by atoms with E-state index >= 15 is 0 Å². The first-order valence-electron chi connectivity index (χ1n) is 3.93. The van der Waals surface area contributed by atoms with Crippen LogP contribution in [0, 0.1) is 5.82 Å². The molecule has 0 amide bonds. The lowest BCUT2D eigenvalue weighted by Gasteiger charge is -2.00. The normalized spacial score (nSPS) is 10.2. The van der Waals surface area contributed by atoms with E-state index in [9.17, 15) is 9.18 Å². The van der Waals surface area contributed by atoms with Gasteiger partial charge in [-0.25, -0.2) is 9.18 Å². The summed E-state index contributed by atoms with van der Waals surface area (Å²) >= 11 is 0. The van der Waals surface area contributed by atoms with E-state index in [1.807, 2.05) is 0 Å². The van der Waals surface area contributed by atoms with Crippen LogP contribution in [0.2, 0.25) is 0 Å². The highest BCUT2D eigenvalue weighted by molar-refractivity contribution is 5.94. The number of carbonyl (C=O) groups is 1. The topological polar surface area (TPSA) is 91.8 Å². The van der Waals surface area contributed by atoms with Gasteiger partial charge in [-0.1, -0.05) is 0 Å². The Labute approximate surface area is 82.8 Å². The third-order valence-electron chi connectivity index (χ3n) is 1.74. The number of nitrogens with one attached hydrogen (secondary N) is 1. The summed E-state index contributed by atoms with van der Waals surface area (Å²) in [4.78, 5) is 14.5. The number of aromatic nitrogens is 4. The zero-order valence-electron chi connectivity index (χ0n) is 7.31. The van der Waals surface area contributed by atoms with Crippen molar-refractivity contribution in [3.8, 4) is 11.4 Å². The standard InChI is InChI=1S/C8H5FN4O2/c9-4-1-5(8(14)15)7(10-2-4)6-3-11-13-12-6/h1-3H,(H,14,15)(H,11,12,13). The van der Waals surface area contributed by atoms with Gasteiger partial charge in [-0.3, -0.25) is 4.98 Å². The molecule has 2 N–H and O–H groups in total. The number of aromatic amines is 1. The average Bonchev–Trinajstić information content (AvgIpc) is 2.70. The van der Waals surface area contributed by atoms with Crippen molar-refractivity contribution >= 4 is 5.97 Å². The molecule has 0 aliphatic carbocycles. The molecule has 0 atom stereocenters. The molecule has 0 aromatic carbocycles. The molecule has 0 saturated carbocycles. The minimum absolute atomic E-state index is 0.0812. The summed E-state index contributed by atoms with van der Waals surface area (Å²) in [6, 6.07) is 0.888. The van der Waals surface area contributed by atoms with Gasteiger partial charge >= 0.3 is 5.97 Å². The van der Waals surface area contributed by atoms with Crippen LogP contribution in [0.15, 0.2) is 18.5 Å². The van der Waals surface area contributed by atoms with Crippen molar-refractivity contribution in [2.75, 3.05) is 0 Å². The molecular weight excluding hydrogens is 203 g/mol. The number of hydrogen-bond acceptors (Lipinski definition) is 4. The summed E-state index contributed by atoms with van der Waals surface area (Å²) in [7, 11) is 0. The van der Waals surface area contributed by atoms with Gasteiger partial charge in [0.15, 0.2) is 0 Å². The fourth-order valence-electron chi connectivity index (χ4n) is 1.12. The molecule has 0 radical (unpaired) electrons. The smallest absolute Gasteiger partial charge is 0.338 e. The largest absolute Gasteiger partial charge is 0.478 e. The average molecular weight is 208 g/mol. The molecule has 0 spiro atoms. The summed E-state index contributed by atoms with van der Waals surface area (Å²) in [5.41, 5.74) is 0.0916. The van der Waals surface area contributed by atoms with Crippen molar-refractivity contribution < 1.29 is 14.3 Å². The molecule has 0 bridgehead atoms. The van der Waals surface area contributed by atoms with E-state index < -0.39 is 11.8 Å². The van der Waals surface area contributed by atoms with Gasteiger partial charge in [0.25, 0.3) is 0 Å². The highest BCUT2D eigenvalue weighted by Gasteiger charge is 2.16. The Morgan fingerprint density at radius 3 is 2.87 bits per heavy atom. The summed E-state index contributed by atoms with van der Waals surface area (Å²) in [6.07, 6.45) is 2.24. The van der Waals surface area contributed by atoms with Crippen molar-refractivity contribution in [3.63, 3.8) is 0 Å². The maximum Gasteiger partial charge on any atom is 0.338 e. The lowest BCUT2D eigenvalue weighted by molar-refractivity contribution is 0.0696. The van der Waals surface area contributed by atoms with Crippen molar-refractivity contribution in [2.45, 2.75) is 0 Å². The van der Waals surface area contributed by atoms with Gasteiger partial charge in [0.1, 0.15) is 17.2 Å². The molecular formula is C8H5FN4O2. The highest BCUT2D eigenvalue weighted by Crippen LogP contribution is 2.18. The van der Waals surface area contributed by atoms with Crippen LogP contribution in [0.1, 0.15) is 10.4 Å². The summed E-state index contributed by atoms with van der Waals surface area (Å²) < 4.78 is 12.8. The lowest BCUT2D eigenvalue weighted by Crippen LogP contribution is -2.02. The number of carboxylic acid groups (broad SMARTS) is 1. The SMILES string of the molecule is O=C(O)c1cc(F)cnc1-c1cn[nH]n1. The predicted octanol–water partition coefficient (Wildman–Crippen LogP) is 0.704. The van der Waals surface area contributed by atoms with Crippen LogP contribution in [0.4, 0.5) is 4.39 Å². The summed E-state index contributed by atoms with van der Waals surface area (Å²) in [5, 5.41) is 18.3. The zero-order chi connectivity index (χ0) is 10.8. The molecule has 2 aromatic heterocycles.